The zero-order chi connectivity index (χ0) is 15.9. The Bertz CT molecular complexity index is 716. The quantitative estimate of drug-likeness (QED) is 0.679. The van der Waals surface area contributed by atoms with E-state index in [0.29, 0.717) is 23.6 Å². The Morgan fingerprint density at radius 3 is 2.55 bits per heavy atom. The lowest BCUT2D eigenvalue weighted by Crippen LogP contribution is -1.97. The zero-order valence-electron chi connectivity index (χ0n) is 12.4. The second-order valence-corrected chi connectivity index (χ2v) is 4.65. The van der Waals surface area contributed by atoms with Crippen molar-refractivity contribution in [3.63, 3.8) is 0 Å². The molecule has 0 bridgehead atoms. The monoisotopic (exact) mass is 296 g/mol. The number of nitrogens with zero attached hydrogens (tertiary/aromatic N) is 2. The third kappa shape index (κ3) is 3.76. The first-order valence-corrected chi connectivity index (χ1v) is 6.67. The van der Waals surface area contributed by atoms with Crippen LogP contribution in [-0.4, -0.2) is 17.9 Å². The number of hydrogen-bond donors (Lipinski definition) is 1. The normalized spacial score (nSPS) is 10.9. The average molecular weight is 296 g/mol. The van der Waals surface area contributed by atoms with Crippen LogP contribution in [-0.2, 0) is 11.4 Å². The van der Waals surface area contributed by atoms with Gasteiger partial charge in [-0.1, -0.05) is 17.3 Å². The number of phenolic OH excluding ortho intramolecular Hbond substituents is 1. The third-order valence-corrected chi connectivity index (χ3v) is 3.11. The molecule has 22 heavy (non-hydrogen) atoms. The SMILES string of the molecule is COc1ccc(/C(C)=N\OCc2ccc(C#N)cc2)cc1O. The fraction of sp³-hybridized carbons (Fsp3) is 0.176. The molecule has 0 aliphatic heterocycles. The number of hydrogen-bond acceptors (Lipinski definition) is 5. The molecule has 0 amide bonds. The Labute approximate surface area is 129 Å². The first-order chi connectivity index (χ1) is 10.6. The highest BCUT2D eigenvalue weighted by molar-refractivity contribution is 5.98. The van der Waals surface area contributed by atoms with Gasteiger partial charge in [0.05, 0.1) is 24.5 Å². The van der Waals surface area contributed by atoms with Crippen LogP contribution in [0.4, 0.5) is 0 Å². The first kappa shape index (κ1) is 15.4. The minimum atomic E-state index is 0.0571. The first-order valence-electron chi connectivity index (χ1n) is 6.67. The summed E-state index contributed by atoms with van der Waals surface area (Å²) in [5.74, 6) is 0.469. The van der Waals surface area contributed by atoms with Gasteiger partial charge in [-0.05, 0) is 42.8 Å². The number of benzene rings is 2. The lowest BCUT2D eigenvalue weighted by molar-refractivity contribution is 0.130. The van der Waals surface area contributed by atoms with Crippen molar-refractivity contribution in [3.05, 3.63) is 59.2 Å². The molecule has 0 aliphatic rings. The predicted octanol–water partition coefficient (Wildman–Crippen LogP) is 3.21. The Morgan fingerprint density at radius 1 is 1.23 bits per heavy atom. The van der Waals surface area contributed by atoms with Gasteiger partial charge >= 0.3 is 0 Å². The van der Waals surface area contributed by atoms with E-state index in [1.54, 1.807) is 37.3 Å². The van der Waals surface area contributed by atoms with Crippen molar-refractivity contribution >= 4 is 5.71 Å². The molecule has 0 radical (unpaired) electrons. The minimum absolute atomic E-state index is 0.0571. The molecule has 5 heteroatoms. The van der Waals surface area contributed by atoms with Gasteiger partial charge in [0.25, 0.3) is 0 Å². The molecular weight excluding hydrogens is 280 g/mol. The van der Waals surface area contributed by atoms with E-state index >= 15 is 0 Å². The smallest absolute Gasteiger partial charge is 0.160 e. The number of methoxy groups -OCH3 is 1. The summed E-state index contributed by atoms with van der Waals surface area (Å²) < 4.78 is 4.99. The van der Waals surface area contributed by atoms with E-state index < -0.39 is 0 Å². The van der Waals surface area contributed by atoms with Crippen molar-refractivity contribution in [2.45, 2.75) is 13.5 Å². The van der Waals surface area contributed by atoms with Gasteiger partial charge in [0, 0.05) is 5.56 Å². The zero-order valence-corrected chi connectivity index (χ0v) is 12.4. The molecule has 0 aromatic heterocycles. The number of oxime groups is 1. The standard InChI is InChI=1S/C17H16N2O3/c1-12(15-7-8-17(21-2)16(20)9-15)19-22-11-14-5-3-13(10-18)4-6-14/h3-9,20H,11H2,1-2H3/b19-12-. The summed E-state index contributed by atoms with van der Waals surface area (Å²) in [4.78, 5) is 5.30. The largest absolute Gasteiger partial charge is 0.504 e. The van der Waals surface area contributed by atoms with E-state index in [0.717, 1.165) is 11.1 Å². The van der Waals surface area contributed by atoms with Crippen LogP contribution in [0.3, 0.4) is 0 Å². The van der Waals surface area contributed by atoms with Gasteiger partial charge in [0.2, 0.25) is 0 Å². The van der Waals surface area contributed by atoms with Gasteiger partial charge in [0.15, 0.2) is 11.5 Å². The van der Waals surface area contributed by atoms with E-state index in [2.05, 4.69) is 11.2 Å². The summed E-state index contributed by atoms with van der Waals surface area (Å²) in [7, 11) is 1.50. The number of rotatable bonds is 5. The van der Waals surface area contributed by atoms with E-state index in [-0.39, 0.29) is 5.75 Å². The summed E-state index contributed by atoms with van der Waals surface area (Å²) in [6.07, 6.45) is 0. The summed E-state index contributed by atoms with van der Waals surface area (Å²) in [5, 5.41) is 22.5. The maximum Gasteiger partial charge on any atom is 0.160 e. The van der Waals surface area contributed by atoms with Gasteiger partial charge in [-0.3, -0.25) is 0 Å². The molecule has 0 fully saturated rings. The van der Waals surface area contributed by atoms with Crippen molar-refractivity contribution in [3.8, 4) is 17.6 Å². The summed E-state index contributed by atoms with van der Waals surface area (Å²) in [6, 6.07) is 14.2. The van der Waals surface area contributed by atoms with E-state index in [4.69, 9.17) is 14.8 Å². The Balaban J connectivity index is 2.00. The highest BCUT2D eigenvalue weighted by Gasteiger charge is 2.05. The highest BCUT2D eigenvalue weighted by atomic mass is 16.6. The third-order valence-electron chi connectivity index (χ3n) is 3.11. The molecule has 1 N–H and O–H groups in total. The van der Waals surface area contributed by atoms with E-state index in [1.807, 2.05) is 12.1 Å². The maximum absolute atomic E-state index is 9.75. The lowest BCUT2D eigenvalue weighted by Gasteiger charge is -2.06. The molecule has 0 atom stereocenters. The van der Waals surface area contributed by atoms with Gasteiger partial charge in [-0.2, -0.15) is 5.26 Å². The maximum atomic E-state index is 9.75. The fourth-order valence-corrected chi connectivity index (χ4v) is 1.85. The minimum Gasteiger partial charge on any atom is -0.504 e. The van der Waals surface area contributed by atoms with Gasteiger partial charge in [0.1, 0.15) is 6.61 Å². The van der Waals surface area contributed by atoms with Crippen LogP contribution in [0.2, 0.25) is 0 Å². The molecule has 0 spiro atoms. The molecule has 0 saturated carbocycles. The topological polar surface area (TPSA) is 74.8 Å². The van der Waals surface area contributed by atoms with Crippen molar-refractivity contribution in [1.82, 2.24) is 0 Å². The molecule has 0 saturated heterocycles. The molecule has 2 rings (SSSR count). The molecule has 0 heterocycles. The van der Waals surface area contributed by atoms with Crippen LogP contribution >= 0.6 is 0 Å². The van der Waals surface area contributed by atoms with Gasteiger partial charge in [-0.25, -0.2) is 0 Å². The van der Waals surface area contributed by atoms with Gasteiger partial charge in [-0.15, -0.1) is 0 Å². The summed E-state index contributed by atoms with van der Waals surface area (Å²) in [6.45, 7) is 2.10. The van der Waals surface area contributed by atoms with Crippen LogP contribution in [0, 0.1) is 11.3 Å². The number of phenols is 1. The molecule has 5 nitrogen and oxygen atoms in total. The van der Waals surface area contributed by atoms with Crippen LogP contribution in [0.1, 0.15) is 23.6 Å². The van der Waals surface area contributed by atoms with Crippen molar-refractivity contribution in [1.29, 1.82) is 5.26 Å². The molecule has 2 aromatic carbocycles. The Morgan fingerprint density at radius 2 is 1.95 bits per heavy atom. The van der Waals surface area contributed by atoms with Crippen LogP contribution in [0.25, 0.3) is 0 Å². The Hall–Kier alpha value is -3.00. The second kappa shape index (κ2) is 7.14. The van der Waals surface area contributed by atoms with Gasteiger partial charge < -0.3 is 14.7 Å². The van der Waals surface area contributed by atoms with Crippen molar-refractivity contribution in [2.75, 3.05) is 7.11 Å². The van der Waals surface area contributed by atoms with Crippen LogP contribution < -0.4 is 4.74 Å². The highest BCUT2D eigenvalue weighted by Crippen LogP contribution is 2.26. The van der Waals surface area contributed by atoms with E-state index in [9.17, 15) is 5.11 Å². The molecular formula is C17H16N2O3. The summed E-state index contributed by atoms with van der Waals surface area (Å²) in [5.41, 5.74) is 2.93. The second-order valence-electron chi connectivity index (χ2n) is 4.65. The number of ether oxygens (including phenoxy) is 1. The Kier molecular flexibility index (Phi) is 4.99. The molecule has 112 valence electrons. The van der Waals surface area contributed by atoms with Crippen LogP contribution in [0.5, 0.6) is 11.5 Å². The van der Waals surface area contributed by atoms with Crippen molar-refractivity contribution in [2.24, 2.45) is 5.16 Å². The predicted molar refractivity (Wildman–Crippen MR) is 82.8 cm³/mol. The van der Waals surface area contributed by atoms with Crippen LogP contribution in [0.15, 0.2) is 47.6 Å². The van der Waals surface area contributed by atoms with Crippen molar-refractivity contribution < 1.29 is 14.7 Å². The fourth-order valence-electron chi connectivity index (χ4n) is 1.85. The lowest BCUT2D eigenvalue weighted by atomic mass is 10.1. The molecule has 0 aliphatic carbocycles. The number of nitriles is 1. The molecule has 0 unspecified atom stereocenters. The van der Waals surface area contributed by atoms with E-state index in [1.165, 1.54) is 7.11 Å². The average Bonchev–Trinajstić information content (AvgIpc) is 2.55. The summed E-state index contributed by atoms with van der Waals surface area (Å²) >= 11 is 0. The molecule has 2 aromatic rings. The number of aromatic hydroxyl groups is 1.